The number of fused-ring (bicyclic) bond motifs is 2. The van der Waals surface area contributed by atoms with E-state index in [4.69, 9.17) is 21.1 Å². The molecule has 0 aliphatic carbocycles. The highest BCUT2D eigenvalue weighted by Crippen LogP contribution is 2.34. The summed E-state index contributed by atoms with van der Waals surface area (Å²) in [4.78, 5) is 25.9. The van der Waals surface area contributed by atoms with Gasteiger partial charge in [-0.15, -0.1) is 0 Å². The van der Waals surface area contributed by atoms with Gasteiger partial charge in [0, 0.05) is 44.9 Å². The molecule has 1 aromatic heterocycles. The van der Waals surface area contributed by atoms with Crippen molar-refractivity contribution in [2.24, 2.45) is 0 Å². The number of hydrogen-bond acceptors (Lipinski definition) is 4. The molecule has 3 aromatic carbocycles. The van der Waals surface area contributed by atoms with Gasteiger partial charge < -0.3 is 19.4 Å². The fourth-order valence-electron chi connectivity index (χ4n) is 3.65. The van der Waals surface area contributed by atoms with Crippen molar-refractivity contribution in [1.29, 1.82) is 0 Å². The Morgan fingerprint density at radius 1 is 1.00 bits per heavy atom. The van der Waals surface area contributed by atoms with Crippen molar-refractivity contribution in [1.82, 2.24) is 4.57 Å². The summed E-state index contributed by atoms with van der Waals surface area (Å²) < 4.78 is 13.4. The first kappa shape index (κ1) is 20.6. The molecular weight excluding hydrogens is 496 g/mol. The lowest BCUT2D eigenvalue weighted by atomic mass is 10.1. The highest BCUT2D eigenvalue weighted by Gasteiger charge is 2.23. The number of ether oxygens (including phenoxy) is 2. The number of hydrogen-bond donors (Lipinski definition) is 1. The largest absolute Gasteiger partial charge is 0.454 e. The lowest BCUT2D eigenvalue weighted by Gasteiger charge is -2.06. The number of carbonyl (C=O) groups is 2. The maximum atomic E-state index is 13.1. The lowest BCUT2D eigenvalue weighted by Crippen LogP contribution is -2.22. The van der Waals surface area contributed by atoms with Crippen molar-refractivity contribution < 1.29 is 19.1 Å². The third-order valence-corrected chi connectivity index (χ3v) is 5.94. The molecule has 1 aliphatic rings. The number of carbonyl (C=O) groups excluding carboxylic acids is 2. The van der Waals surface area contributed by atoms with Crippen LogP contribution in [0.1, 0.15) is 15.9 Å². The molecule has 32 heavy (non-hydrogen) atoms. The maximum Gasteiger partial charge on any atom is 0.296 e. The molecule has 0 radical (unpaired) electrons. The molecule has 1 aliphatic heterocycles. The zero-order chi connectivity index (χ0) is 22.2. The molecule has 0 unspecified atom stereocenters. The number of benzene rings is 3. The number of rotatable bonds is 5. The standard InChI is InChI=1S/C24H16BrClN2O4/c25-15-3-7-20-18(9-15)19(12-28(20)11-14-1-4-16(26)5-2-14)23(29)24(30)27-17-6-8-21-22(10-17)32-13-31-21/h1-10,12H,11,13H2,(H,27,30). The van der Waals surface area contributed by atoms with Gasteiger partial charge in [0.05, 0.1) is 5.56 Å². The topological polar surface area (TPSA) is 69.6 Å². The molecule has 5 rings (SSSR count). The van der Waals surface area contributed by atoms with Gasteiger partial charge in [-0.3, -0.25) is 9.59 Å². The summed E-state index contributed by atoms with van der Waals surface area (Å²) in [7, 11) is 0. The quantitative estimate of drug-likeness (QED) is 0.277. The fraction of sp³-hybridized carbons (Fsp3) is 0.0833. The van der Waals surface area contributed by atoms with E-state index in [1.165, 1.54) is 0 Å². The van der Waals surface area contributed by atoms with Crippen LogP contribution in [0, 0.1) is 0 Å². The monoisotopic (exact) mass is 510 g/mol. The van der Waals surface area contributed by atoms with Gasteiger partial charge in [-0.05, 0) is 48.0 Å². The molecule has 6 nitrogen and oxygen atoms in total. The van der Waals surface area contributed by atoms with E-state index in [1.807, 2.05) is 47.0 Å². The predicted molar refractivity (Wildman–Crippen MR) is 126 cm³/mol. The molecule has 0 bridgehead atoms. The molecule has 1 amide bonds. The molecule has 0 fully saturated rings. The van der Waals surface area contributed by atoms with E-state index in [2.05, 4.69) is 21.2 Å². The molecule has 8 heteroatoms. The second-order valence-corrected chi connectivity index (χ2v) is 8.66. The average molecular weight is 512 g/mol. The number of nitrogens with zero attached hydrogens (tertiary/aromatic N) is 1. The Bertz CT molecular complexity index is 1360. The van der Waals surface area contributed by atoms with E-state index in [-0.39, 0.29) is 6.79 Å². The van der Waals surface area contributed by atoms with Crippen LogP contribution in [0.4, 0.5) is 5.69 Å². The Balaban J connectivity index is 1.45. The summed E-state index contributed by atoms with van der Waals surface area (Å²) in [6.45, 7) is 0.667. The number of Topliss-reactive ketones (excluding diaryl/α,β-unsaturated/α-hetero) is 1. The molecule has 0 spiro atoms. The zero-order valence-electron chi connectivity index (χ0n) is 16.6. The average Bonchev–Trinajstić information content (AvgIpc) is 3.39. The molecule has 4 aromatic rings. The summed E-state index contributed by atoms with van der Waals surface area (Å²) >= 11 is 9.45. The number of anilines is 1. The smallest absolute Gasteiger partial charge is 0.296 e. The van der Waals surface area contributed by atoms with Crippen molar-refractivity contribution in [2.45, 2.75) is 6.54 Å². The molecule has 0 saturated carbocycles. The van der Waals surface area contributed by atoms with Crippen LogP contribution in [-0.2, 0) is 11.3 Å². The zero-order valence-corrected chi connectivity index (χ0v) is 18.9. The van der Waals surface area contributed by atoms with Crippen molar-refractivity contribution in [3.8, 4) is 11.5 Å². The summed E-state index contributed by atoms with van der Waals surface area (Å²) in [5.41, 5.74) is 2.66. The second kappa shape index (κ2) is 8.33. The van der Waals surface area contributed by atoms with Gasteiger partial charge in [0.1, 0.15) is 0 Å². The second-order valence-electron chi connectivity index (χ2n) is 7.31. The number of ketones is 1. The van der Waals surface area contributed by atoms with E-state index < -0.39 is 11.7 Å². The summed E-state index contributed by atoms with van der Waals surface area (Å²) in [6.07, 6.45) is 1.72. The molecule has 1 N–H and O–H groups in total. The van der Waals surface area contributed by atoms with Gasteiger partial charge in [0.15, 0.2) is 11.5 Å². The van der Waals surface area contributed by atoms with Crippen LogP contribution in [0.25, 0.3) is 10.9 Å². The number of amides is 1. The van der Waals surface area contributed by atoms with Crippen LogP contribution in [0.15, 0.2) is 71.3 Å². The van der Waals surface area contributed by atoms with E-state index in [0.717, 1.165) is 15.6 Å². The predicted octanol–water partition coefficient (Wildman–Crippen LogP) is 5.66. The maximum absolute atomic E-state index is 13.1. The molecule has 2 heterocycles. The first-order valence-electron chi connectivity index (χ1n) is 9.76. The Hall–Kier alpha value is -3.29. The number of aromatic nitrogens is 1. The van der Waals surface area contributed by atoms with Crippen molar-refractivity contribution in [3.63, 3.8) is 0 Å². The first-order chi connectivity index (χ1) is 15.5. The van der Waals surface area contributed by atoms with E-state index in [1.54, 1.807) is 24.4 Å². The molecule has 0 atom stereocenters. The fourth-order valence-corrected chi connectivity index (χ4v) is 4.14. The molecule has 0 saturated heterocycles. The van der Waals surface area contributed by atoms with Crippen LogP contribution < -0.4 is 14.8 Å². The number of halogens is 2. The van der Waals surface area contributed by atoms with E-state index in [9.17, 15) is 9.59 Å². The lowest BCUT2D eigenvalue weighted by molar-refractivity contribution is -0.112. The van der Waals surface area contributed by atoms with Crippen molar-refractivity contribution >= 4 is 55.8 Å². The third kappa shape index (κ3) is 3.97. The van der Waals surface area contributed by atoms with Crippen LogP contribution in [0.3, 0.4) is 0 Å². The van der Waals surface area contributed by atoms with Gasteiger partial charge in [0.2, 0.25) is 6.79 Å². The van der Waals surface area contributed by atoms with E-state index >= 15 is 0 Å². The Morgan fingerprint density at radius 3 is 2.59 bits per heavy atom. The van der Waals surface area contributed by atoms with Gasteiger partial charge in [-0.1, -0.05) is 39.7 Å². The van der Waals surface area contributed by atoms with Crippen LogP contribution >= 0.6 is 27.5 Å². The minimum absolute atomic E-state index is 0.133. The molecule has 160 valence electrons. The summed E-state index contributed by atoms with van der Waals surface area (Å²) in [6, 6.07) is 18.2. The summed E-state index contributed by atoms with van der Waals surface area (Å²) in [5, 5.41) is 4.01. The van der Waals surface area contributed by atoms with Gasteiger partial charge in [-0.25, -0.2) is 0 Å². The number of nitrogens with one attached hydrogen (secondary N) is 1. The highest BCUT2D eigenvalue weighted by molar-refractivity contribution is 9.10. The minimum Gasteiger partial charge on any atom is -0.454 e. The molecular formula is C24H16BrClN2O4. The Morgan fingerprint density at radius 2 is 1.78 bits per heavy atom. The highest BCUT2D eigenvalue weighted by atomic mass is 79.9. The van der Waals surface area contributed by atoms with Gasteiger partial charge in [-0.2, -0.15) is 0 Å². The minimum atomic E-state index is -0.727. The van der Waals surface area contributed by atoms with Gasteiger partial charge in [0.25, 0.3) is 11.7 Å². The Kier molecular flexibility index (Phi) is 5.36. The SMILES string of the molecule is O=C(Nc1ccc2c(c1)OCO2)C(=O)c1cn(Cc2ccc(Cl)cc2)c2ccc(Br)cc12. The van der Waals surface area contributed by atoms with Crippen LogP contribution in [0.5, 0.6) is 11.5 Å². The van der Waals surface area contributed by atoms with Crippen LogP contribution in [0.2, 0.25) is 5.02 Å². The summed E-state index contributed by atoms with van der Waals surface area (Å²) in [5.74, 6) is -0.224. The van der Waals surface area contributed by atoms with Crippen molar-refractivity contribution in [2.75, 3.05) is 12.1 Å². The van der Waals surface area contributed by atoms with Gasteiger partial charge >= 0.3 is 0 Å². The third-order valence-electron chi connectivity index (χ3n) is 5.19. The van der Waals surface area contributed by atoms with E-state index in [0.29, 0.717) is 39.7 Å². The van der Waals surface area contributed by atoms with Crippen LogP contribution in [-0.4, -0.2) is 23.1 Å². The van der Waals surface area contributed by atoms with Crippen molar-refractivity contribution in [3.05, 3.63) is 87.5 Å². The first-order valence-corrected chi connectivity index (χ1v) is 10.9. The normalized spacial score (nSPS) is 12.2. The Labute approximate surface area is 196 Å².